The number of hydrogen-bond donors (Lipinski definition) is 5. The highest BCUT2D eigenvalue weighted by molar-refractivity contribution is 6.09. The van der Waals surface area contributed by atoms with E-state index in [0.29, 0.717) is 22.1 Å². The van der Waals surface area contributed by atoms with Crippen LogP contribution in [0, 0.1) is 0 Å². The number of benzene rings is 6. The summed E-state index contributed by atoms with van der Waals surface area (Å²) >= 11 is 0. The molecule has 76 heavy (non-hydrogen) atoms. The van der Waals surface area contributed by atoms with Crippen molar-refractivity contribution in [1.82, 2.24) is 14.8 Å². The van der Waals surface area contributed by atoms with Gasteiger partial charge in [0.2, 0.25) is 5.36 Å². The number of aryl methyl sites for hydroxylation is 2. The second-order valence-electron chi connectivity index (χ2n) is 20.9. The van der Waals surface area contributed by atoms with Crippen LogP contribution in [0.5, 0.6) is 17.2 Å². The number of aliphatic carboxylic acids is 1. The summed E-state index contributed by atoms with van der Waals surface area (Å²) in [5.74, 6) is -3.67. The normalized spacial score (nSPS) is 17.0. The highest BCUT2D eigenvalue weighted by Crippen LogP contribution is 2.49. The van der Waals surface area contributed by atoms with Crippen LogP contribution in [0.3, 0.4) is 0 Å². The maximum atomic E-state index is 14.4. The molecule has 2 amide bonds. The van der Waals surface area contributed by atoms with Crippen LogP contribution in [-0.2, 0) is 30.5 Å². The number of anilines is 1. The molecule has 0 atom stereocenters. The maximum absolute atomic E-state index is 14.4. The molecule has 382 valence electrons. The van der Waals surface area contributed by atoms with Gasteiger partial charge in [0.05, 0.1) is 16.7 Å². The average Bonchev–Trinajstić information content (AvgIpc) is 3.56. The summed E-state index contributed by atoms with van der Waals surface area (Å²) in [5, 5.41) is 47.8. The Morgan fingerprint density at radius 2 is 1.33 bits per heavy atom. The molecule has 7 aliphatic heterocycles. The lowest BCUT2D eigenvalue weighted by Crippen LogP contribution is -2.60. The number of amides is 2. The Hall–Kier alpha value is -8.79. The highest BCUT2D eigenvalue weighted by Gasteiger charge is 2.45. The van der Waals surface area contributed by atoms with Gasteiger partial charge < -0.3 is 44.7 Å². The summed E-state index contributed by atoms with van der Waals surface area (Å²) in [4.78, 5) is 84.4. The molecule has 1 fully saturated rings. The second kappa shape index (κ2) is 17.7. The predicted octanol–water partition coefficient (Wildman–Crippen LogP) is 6.59. The smallest absolute Gasteiger partial charge is 0.336 e. The van der Waals surface area contributed by atoms with Crippen LogP contribution in [0.1, 0.15) is 113 Å². The lowest BCUT2D eigenvalue weighted by Gasteiger charge is -2.39. The Morgan fingerprint density at radius 1 is 0.645 bits per heavy atom. The molecule has 16 nitrogen and oxygen atoms in total. The van der Waals surface area contributed by atoms with Gasteiger partial charge in [-0.2, -0.15) is 0 Å². The van der Waals surface area contributed by atoms with E-state index in [-0.39, 0.29) is 76.3 Å². The van der Waals surface area contributed by atoms with Crippen molar-refractivity contribution in [3.63, 3.8) is 0 Å². The van der Waals surface area contributed by atoms with Crippen molar-refractivity contribution in [3.05, 3.63) is 161 Å². The van der Waals surface area contributed by atoms with Gasteiger partial charge in [-0.25, -0.2) is 19.0 Å². The Bertz CT molecular complexity index is 3940. The summed E-state index contributed by atoms with van der Waals surface area (Å²) in [6, 6.07) is 21.6. The van der Waals surface area contributed by atoms with E-state index in [1.807, 2.05) is 0 Å². The first-order chi connectivity index (χ1) is 36.7. The van der Waals surface area contributed by atoms with Crippen LogP contribution in [0.4, 0.5) is 5.69 Å². The Kier molecular flexibility index (Phi) is 10.9. The van der Waals surface area contributed by atoms with Gasteiger partial charge in [0.1, 0.15) is 47.2 Å². The molecule has 0 spiro atoms. The lowest BCUT2D eigenvalue weighted by atomic mass is 9.81. The third kappa shape index (κ3) is 7.43. The Labute approximate surface area is 433 Å². The number of hydrogen-bond acceptors (Lipinski definition) is 10. The zero-order chi connectivity index (χ0) is 52.3. The molecule has 5 aromatic rings. The van der Waals surface area contributed by atoms with Crippen molar-refractivity contribution in [2.24, 2.45) is 0 Å². The predicted molar refractivity (Wildman–Crippen MR) is 280 cm³/mol. The molecule has 16 heteroatoms. The number of carboxylic acid groups (broad SMARTS) is 3. The highest BCUT2D eigenvalue weighted by atomic mass is 16.5. The third-order valence-corrected chi connectivity index (χ3v) is 16.6. The van der Waals surface area contributed by atoms with Crippen molar-refractivity contribution in [2.75, 3.05) is 44.2 Å². The Balaban J connectivity index is 0.818. The largest absolute Gasteiger partial charge is 0.508 e. The molecule has 13 rings (SSSR count). The monoisotopic (exact) mass is 1020 g/mol. The number of rotatable bonds is 8. The van der Waals surface area contributed by atoms with Crippen molar-refractivity contribution in [3.8, 4) is 39.7 Å². The number of aromatic hydroxyl groups is 1. The van der Waals surface area contributed by atoms with Crippen LogP contribution in [0.2, 0.25) is 0 Å². The zero-order valence-electron chi connectivity index (χ0n) is 41.3. The second-order valence-corrected chi connectivity index (χ2v) is 20.9. The molecule has 1 aliphatic carbocycles. The number of carboxylic acids is 3. The van der Waals surface area contributed by atoms with Crippen molar-refractivity contribution in [1.29, 1.82) is 0 Å². The van der Waals surface area contributed by atoms with Crippen molar-refractivity contribution in [2.45, 2.75) is 69.7 Å². The van der Waals surface area contributed by atoms with Gasteiger partial charge >= 0.3 is 17.9 Å². The summed E-state index contributed by atoms with van der Waals surface area (Å²) in [6.07, 6.45) is 7.00. The summed E-state index contributed by atoms with van der Waals surface area (Å²) in [5.41, 5.74) is 6.71. The standard InChI is InChI=1S/C60H50N4O12/c65-35-11-15-39-47(29-35)75-48-30-36(66)12-16-40(48)49(39)37-14-10-34(28-44(37)58(71)72)56(68)64-23-17-60(18-24-64,59(73)74)61-55(67)33-9-13-38(43(27-33)57(69)70)50-45-25-31-5-1-19-62-21-3-7-41(51(31)62)53(45)76-54-42-8-4-22-63-20-2-6-32(52(42)63)26-46(50)54/h9-16,25-30H,1-8,17-24H2,(H4-,61,65,66,67,69,70,71,72,73,74)/p+1. The van der Waals surface area contributed by atoms with Gasteiger partial charge in [0.25, 0.3) is 11.8 Å². The number of likely N-dealkylation sites (tertiary alicyclic amines) is 1. The zero-order valence-corrected chi connectivity index (χ0v) is 41.3. The quantitative estimate of drug-likeness (QED) is 0.0801. The van der Waals surface area contributed by atoms with Gasteiger partial charge in [-0.05, 0) is 129 Å². The average molecular weight is 1020 g/mol. The molecule has 0 unspecified atom stereocenters. The van der Waals surface area contributed by atoms with Crippen LogP contribution >= 0.6 is 0 Å². The summed E-state index contributed by atoms with van der Waals surface area (Å²) in [6.45, 7) is 3.67. The third-order valence-electron chi connectivity index (χ3n) is 16.6. The number of carbonyl (C=O) groups excluding carboxylic acids is 2. The van der Waals surface area contributed by atoms with Gasteiger partial charge in [-0.1, -0.05) is 12.1 Å². The molecule has 0 bridgehead atoms. The molecule has 0 aromatic heterocycles. The number of nitrogens with zero attached hydrogens (tertiary/aromatic N) is 3. The van der Waals surface area contributed by atoms with E-state index in [0.717, 1.165) is 117 Å². The van der Waals surface area contributed by atoms with E-state index >= 15 is 0 Å². The van der Waals surface area contributed by atoms with E-state index in [2.05, 4.69) is 26.9 Å². The number of phenolic OH excluding ortho intramolecular Hbond substituents is 1. The molecular formula is C60H51N4O12+. The summed E-state index contributed by atoms with van der Waals surface area (Å²) in [7, 11) is 0. The van der Waals surface area contributed by atoms with E-state index in [1.165, 1.54) is 81.7 Å². The molecule has 7 heterocycles. The van der Waals surface area contributed by atoms with E-state index in [4.69, 9.17) is 9.15 Å². The number of nitrogens with one attached hydrogen (secondary N) is 1. The van der Waals surface area contributed by atoms with Crippen LogP contribution in [0.25, 0.3) is 39.0 Å². The number of ether oxygens (including phenoxy) is 1. The first-order valence-corrected chi connectivity index (χ1v) is 26.0. The molecule has 0 radical (unpaired) electrons. The van der Waals surface area contributed by atoms with Gasteiger partial charge in [0, 0.05) is 112 Å². The minimum atomic E-state index is -1.83. The van der Waals surface area contributed by atoms with Crippen LogP contribution < -0.4 is 35.5 Å². The first kappa shape index (κ1) is 47.0. The molecule has 5 aromatic carbocycles. The topological polar surface area (TPSA) is 227 Å². The molecule has 5 N–H and O–H groups in total. The minimum absolute atomic E-state index is 0.0262. The van der Waals surface area contributed by atoms with Gasteiger partial charge in [-0.3, -0.25) is 14.4 Å². The minimum Gasteiger partial charge on any atom is -0.508 e. The maximum Gasteiger partial charge on any atom is 0.336 e. The number of piperidine rings is 1. The number of fused-ring (bicyclic) bond motifs is 6. The van der Waals surface area contributed by atoms with E-state index in [9.17, 15) is 49.2 Å². The fourth-order valence-electron chi connectivity index (χ4n) is 13.1. The van der Waals surface area contributed by atoms with Crippen molar-refractivity contribution < 1.29 is 53.6 Å². The lowest BCUT2D eigenvalue weighted by molar-refractivity contribution is -0.146. The van der Waals surface area contributed by atoms with Crippen molar-refractivity contribution >= 4 is 52.0 Å². The number of aromatic carboxylic acids is 2. The van der Waals surface area contributed by atoms with E-state index < -0.39 is 35.3 Å². The number of carbonyl (C=O) groups is 5. The van der Waals surface area contributed by atoms with Gasteiger partial charge in [0.15, 0.2) is 5.43 Å². The summed E-state index contributed by atoms with van der Waals surface area (Å²) < 4.78 is 15.6. The fraction of sp³-hybridized carbons (Fsp3) is 0.283. The molecule has 8 aliphatic rings. The number of phenols is 1. The SMILES string of the molecule is O=C(NC1(C(=O)O)CCN(C(=O)c2ccc(-c3c4ccc(=O)cc-4oc4cc(O)ccc34)c(C(=O)O)c2)CC1)c1ccc(C2=c3cc4c5c(c3Oc3c2cc2c6c3CCCN6CCC2)CCC[N+]=5CCC4)c(C(=O)O)c1. The van der Waals surface area contributed by atoms with Crippen LogP contribution in [0.15, 0.2) is 94.1 Å². The molecule has 1 saturated heterocycles. The molecular weight excluding hydrogens is 969 g/mol. The fourth-order valence-corrected chi connectivity index (χ4v) is 13.1. The van der Waals surface area contributed by atoms with Crippen LogP contribution in [-0.4, -0.2) is 99.9 Å². The molecule has 0 saturated carbocycles. The van der Waals surface area contributed by atoms with E-state index in [1.54, 1.807) is 18.2 Å². The van der Waals surface area contributed by atoms with Gasteiger partial charge in [-0.15, -0.1) is 0 Å². The Morgan fingerprint density at radius 3 is 2.11 bits per heavy atom. The first-order valence-electron chi connectivity index (χ1n) is 26.0.